The molecule has 0 spiro atoms. The fraction of sp³-hybridized carbons (Fsp3) is 0.256. The summed E-state index contributed by atoms with van der Waals surface area (Å²) in [6.45, 7) is 5.72. The van der Waals surface area contributed by atoms with Gasteiger partial charge in [0.05, 0.1) is 23.4 Å². The Labute approximate surface area is 300 Å². The van der Waals surface area contributed by atoms with Gasteiger partial charge >= 0.3 is 0 Å². The van der Waals surface area contributed by atoms with Crippen molar-refractivity contribution >= 4 is 29.3 Å². The number of amides is 4. The topological polar surface area (TPSA) is 158 Å². The number of hydrogen-bond donors (Lipinski definition) is 2. The summed E-state index contributed by atoms with van der Waals surface area (Å²) < 4.78 is 13.7. The van der Waals surface area contributed by atoms with Gasteiger partial charge in [-0.2, -0.15) is 0 Å². The van der Waals surface area contributed by atoms with Crippen molar-refractivity contribution in [3.05, 3.63) is 126 Å². The minimum Gasteiger partial charge on any atom is -0.494 e. The number of nitrogens with zero attached hydrogens (tertiary/aromatic N) is 5. The van der Waals surface area contributed by atoms with E-state index in [0.717, 1.165) is 33.2 Å². The molecule has 3 aromatic carbocycles. The Balaban J connectivity index is 0.871. The fourth-order valence-electron chi connectivity index (χ4n) is 6.30. The Bertz CT molecular complexity index is 2110. The van der Waals surface area contributed by atoms with E-state index in [1.54, 1.807) is 47.7 Å². The number of carbonyl (C=O) groups is 4. The average molecular weight is 700 g/mol. The van der Waals surface area contributed by atoms with Crippen LogP contribution in [0, 0.1) is 0 Å². The first-order valence-corrected chi connectivity index (χ1v) is 17.0. The highest BCUT2D eigenvalue weighted by Gasteiger charge is 2.44. The minimum absolute atomic E-state index is 0.0786. The molecular weight excluding hydrogens is 662 g/mol. The molecule has 0 saturated carbocycles. The van der Waals surface area contributed by atoms with E-state index in [1.165, 1.54) is 0 Å². The minimum atomic E-state index is -0.989. The smallest absolute Gasteiger partial charge is 0.262 e. The second-order valence-electron chi connectivity index (χ2n) is 13.1. The van der Waals surface area contributed by atoms with Gasteiger partial charge in [-0.3, -0.25) is 34.0 Å². The van der Waals surface area contributed by atoms with Crippen LogP contribution in [0.1, 0.15) is 70.6 Å². The van der Waals surface area contributed by atoms with E-state index in [4.69, 9.17) is 9.47 Å². The molecule has 264 valence electrons. The van der Waals surface area contributed by atoms with Gasteiger partial charge in [0.25, 0.3) is 11.8 Å². The predicted octanol–water partition coefficient (Wildman–Crippen LogP) is 4.85. The SMILES string of the molecule is CC(C)(c1ccc(OCCCNc2ccc3c(c2)C(=O)N(C2CCC(=O)NC2=O)C3=O)cc1)c1ccc(OCc2ccnc(-n3ccnc3)n2)cc1. The largest absolute Gasteiger partial charge is 0.494 e. The van der Waals surface area contributed by atoms with Gasteiger partial charge in [-0.05, 0) is 72.5 Å². The molecule has 2 aliphatic rings. The molecule has 52 heavy (non-hydrogen) atoms. The van der Waals surface area contributed by atoms with Crippen LogP contribution in [0.5, 0.6) is 11.5 Å². The number of anilines is 1. The van der Waals surface area contributed by atoms with E-state index in [9.17, 15) is 19.2 Å². The van der Waals surface area contributed by atoms with Crippen LogP contribution >= 0.6 is 0 Å². The molecule has 1 saturated heterocycles. The maximum atomic E-state index is 13.1. The number of hydrogen-bond acceptors (Lipinski definition) is 10. The molecule has 5 aromatic rings. The number of piperidine rings is 1. The van der Waals surface area contributed by atoms with E-state index in [-0.39, 0.29) is 29.4 Å². The number of imidazole rings is 1. The molecule has 13 heteroatoms. The molecule has 2 N–H and O–H groups in total. The van der Waals surface area contributed by atoms with Gasteiger partial charge in [-0.15, -0.1) is 0 Å². The normalized spacial score (nSPS) is 15.7. The van der Waals surface area contributed by atoms with Crippen LogP contribution in [0.2, 0.25) is 0 Å². The number of rotatable bonds is 13. The summed E-state index contributed by atoms with van der Waals surface area (Å²) in [4.78, 5) is 63.7. The van der Waals surface area contributed by atoms with E-state index in [0.29, 0.717) is 37.8 Å². The van der Waals surface area contributed by atoms with Gasteiger partial charge in [0, 0.05) is 42.7 Å². The van der Waals surface area contributed by atoms with Gasteiger partial charge < -0.3 is 14.8 Å². The maximum Gasteiger partial charge on any atom is 0.262 e. The number of aromatic nitrogens is 4. The van der Waals surface area contributed by atoms with Crippen molar-refractivity contribution < 1.29 is 28.7 Å². The monoisotopic (exact) mass is 699 g/mol. The molecule has 1 unspecified atom stereocenters. The maximum absolute atomic E-state index is 13.1. The standard InChI is InChI=1S/C39H37N7O6/c1-39(2,26-6-11-30(12-7-26)52-23-28-16-18-42-38(43-28)45-20-19-40-24-45)25-4-9-29(10-5-25)51-21-3-17-41-27-8-13-31-32(22-27)37(50)46(36(31)49)33-14-15-34(47)44-35(33)48/h4-13,16,18-20,22,24,33,41H,3,14-15,17,21,23H2,1-2H3,(H,44,47,48). The summed E-state index contributed by atoms with van der Waals surface area (Å²) in [5, 5.41) is 5.49. The summed E-state index contributed by atoms with van der Waals surface area (Å²) in [5.74, 6) is -0.0392. The number of benzene rings is 3. The molecule has 4 amide bonds. The Hall–Kier alpha value is -6.37. The third kappa shape index (κ3) is 7.11. The second-order valence-corrected chi connectivity index (χ2v) is 13.1. The summed E-state index contributed by atoms with van der Waals surface area (Å²) >= 11 is 0. The van der Waals surface area contributed by atoms with Gasteiger partial charge in [-0.25, -0.2) is 15.0 Å². The number of ether oxygens (including phenoxy) is 2. The number of fused-ring (bicyclic) bond motifs is 1. The van der Waals surface area contributed by atoms with Crippen LogP contribution in [-0.2, 0) is 21.6 Å². The van der Waals surface area contributed by atoms with Gasteiger partial charge in [0.15, 0.2) is 0 Å². The first-order valence-electron chi connectivity index (χ1n) is 17.0. The molecule has 13 nitrogen and oxygen atoms in total. The van der Waals surface area contributed by atoms with Crippen molar-refractivity contribution in [3.8, 4) is 17.4 Å². The van der Waals surface area contributed by atoms with Crippen LogP contribution in [0.4, 0.5) is 5.69 Å². The van der Waals surface area contributed by atoms with E-state index in [2.05, 4.69) is 63.7 Å². The zero-order valence-electron chi connectivity index (χ0n) is 28.7. The van der Waals surface area contributed by atoms with Crippen molar-refractivity contribution in [1.82, 2.24) is 29.7 Å². The summed E-state index contributed by atoms with van der Waals surface area (Å²) in [6.07, 6.45) is 7.72. The lowest BCUT2D eigenvalue weighted by Crippen LogP contribution is -2.54. The molecular formula is C39H37N7O6. The molecule has 0 radical (unpaired) electrons. The number of imide groups is 2. The Morgan fingerprint density at radius 2 is 1.58 bits per heavy atom. The molecule has 1 fully saturated rings. The van der Waals surface area contributed by atoms with E-state index in [1.807, 2.05) is 30.3 Å². The van der Waals surface area contributed by atoms with Crippen molar-refractivity contribution in [2.75, 3.05) is 18.5 Å². The highest BCUT2D eigenvalue weighted by molar-refractivity contribution is 6.23. The summed E-state index contributed by atoms with van der Waals surface area (Å²) in [6, 6.07) is 22.0. The molecule has 2 aliphatic heterocycles. The first kappa shape index (κ1) is 34.1. The third-order valence-corrected chi connectivity index (χ3v) is 9.33. The van der Waals surface area contributed by atoms with Crippen LogP contribution in [-0.4, -0.2) is 67.2 Å². The molecule has 4 heterocycles. The van der Waals surface area contributed by atoms with Gasteiger partial charge in [0.1, 0.15) is 30.5 Å². The highest BCUT2D eigenvalue weighted by atomic mass is 16.5. The van der Waals surface area contributed by atoms with Crippen molar-refractivity contribution in [3.63, 3.8) is 0 Å². The lowest BCUT2D eigenvalue weighted by Gasteiger charge is -2.27. The Kier molecular flexibility index (Phi) is 9.49. The van der Waals surface area contributed by atoms with Crippen molar-refractivity contribution in [2.24, 2.45) is 0 Å². The molecule has 0 aliphatic carbocycles. The average Bonchev–Trinajstić information content (AvgIpc) is 3.78. The zero-order chi connectivity index (χ0) is 36.2. The van der Waals surface area contributed by atoms with Gasteiger partial charge in [0.2, 0.25) is 17.8 Å². The first-order chi connectivity index (χ1) is 25.2. The van der Waals surface area contributed by atoms with E-state index >= 15 is 0 Å². The number of nitrogens with one attached hydrogen (secondary N) is 2. The second kappa shape index (κ2) is 14.5. The highest BCUT2D eigenvalue weighted by Crippen LogP contribution is 2.34. The predicted molar refractivity (Wildman–Crippen MR) is 190 cm³/mol. The van der Waals surface area contributed by atoms with E-state index < -0.39 is 29.7 Å². The Morgan fingerprint density at radius 1 is 0.865 bits per heavy atom. The summed E-state index contributed by atoms with van der Waals surface area (Å²) in [7, 11) is 0. The third-order valence-electron chi connectivity index (χ3n) is 9.33. The van der Waals surface area contributed by atoms with Crippen LogP contribution in [0.15, 0.2) is 97.7 Å². The lowest BCUT2D eigenvalue weighted by atomic mass is 9.78. The molecule has 1 atom stereocenters. The molecule has 0 bridgehead atoms. The zero-order valence-corrected chi connectivity index (χ0v) is 28.7. The Morgan fingerprint density at radius 3 is 2.27 bits per heavy atom. The van der Waals surface area contributed by atoms with Gasteiger partial charge in [-0.1, -0.05) is 38.1 Å². The van der Waals surface area contributed by atoms with Crippen LogP contribution < -0.4 is 20.1 Å². The van der Waals surface area contributed by atoms with Crippen molar-refractivity contribution in [1.29, 1.82) is 0 Å². The molecule has 7 rings (SSSR count). The van der Waals surface area contributed by atoms with Crippen LogP contribution in [0.3, 0.4) is 0 Å². The number of carbonyl (C=O) groups excluding carboxylic acids is 4. The van der Waals surface area contributed by atoms with Crippen LogP contribution in [0.25, 0.3) is 5.95 Å². The quantitative estimate of drug-likeness (QED) is 0.129. The lowest BCUT2D eigenvalue weighted by molar-refractivity contribution is -0.136. The molecule has 2 aromatic heterocycles. The van der Waals surface area contributed by atoms with Crippen molar-refractivity contribution in [2.45, 2.75) is 51.2 Å². The fourth-order valence-corrected chi connectivity index (χ4v) is 6.30. The summed E-state index contributed by atoms with van der Waals surface area (Å²) in [5.41, 5.74) is 3.96.